The van der Waals surface area contributed by atoms with Crippen LogP contribution in [-0.2, 0) is 9.59 Å². The van der Waals surface area contributed by atoms with Crippen LogP contribution in [0.2, 0.25) is 5.02 Å². The number of benzene rings is 4. The molecule has 5 aromatic rings. The first kappa shape index (κ1) is 30.7. The van der Waals surface area contributed by atoms with Gasteiger partial charge < -0.3 is 16.0 Å². The van der Waals surface area contributed by atoms with Crippen LogP contribution in [0.1, 0.15) is 22.8 Å². The number of amides is 3. The normalized spacial score (nSPS) is 11.8. The van der Waals surface area contributed by atoms with Gasteiger partial charge in [0.2, 0.25) is 5.91 Å². The maximum absolute atomic E-state index is 13.3. The SMILES string of the molecule is CC(Sc1ccc(NC(=O)/C(=C/c2ccccc2)NC(=O)c2ccccc2)cc1)C(=O)Nc1nc(-c2ccc(Cl)cc2)cs1. The van der Waals surface area contributed by atoms with Crippen molar-refractivity contribution in [3.05, 3.63) is 136 Å². The first-order valence-corrected chi connectivity index (χ1v) is 15.7. The second kappa shape index (κ2) is 14.7. The zero-order chi connectivity index (χ0) is 30.9. The van der Waals surface area contributed by atoms with Crippen LogP contribution in [0, 0.1) is 0 Å². The third-order valence-electron chi connectivity index (χ3n) is 6.31. The number of halogens is 1. The van der Waals surface area contributed by atoms with Gasteiger partial charge in [-0.15, -0.1) is 23.1 Å². The molecule has 0 bridgehead atoms. The van der Waals surface area contributed by atoms with E-state index >= 15 is 0 Å². The number of aromatic nitrogens is 1. The van der Waals surface area contributed by atoms with Gasteiger partial charge in [0.15, 0.2) is 5.13 Å². The number of thiazole rings is 1. The Balaban J connectivity index is 1.20. The van der Waals surface area contributed by atoms with E-state index in [4.69, 9.17) is 11.6 Å². The molecule has 0 aliphatic carbocycles. The predicted molar refractivity (Wildman–Crippen MR) is 180 cm³/mol. The van der Waals surface area contributed by atoms with Crippen LogP contribution in [0.4, 0.5) is 10.8 Å². The topological polar surface area (TPSA) is 100 Å². The van der Waals surface area contributed by atoms with E-state index in [1.54, 1.807) is 54.6 Å². The van der Waals surface area contributed by atoms with E-state index in [1.807, 2.05) is 73.0 Å². The molecule has 5 rings (SSSR count). The summed E-state index contributed by atoms with van der Waals surface area (Å²) in [6.07, 6.45) is 1.63. The lowest BCUT2D eigenvalue weighted by atomic mass is 10.1. The number of nitrogens with zero attached hydrogens (tertiary/aromatic N) is 1. The Kier molecular flexibility index (Phi) is 10.2. The van der Waals surface area contributed by atoms with Gasteiger partial charge in [-0.2, -0.15) is 0 Å². The van der Waals surface area contributed by atoms with Crippen molar-refractivity contribution in [3.63, 3.8) is 0 Å². The molecule has 0 spiro atoms. The third-order valence-corrected chi connectivity index (χ3v) is 8.43. The average Bonchev–Trinajstić information content (AvgIpc) is 3.51. The van der Waals surface area contributed by atoms with Crippen LogP contribution >= 0.6 is 34.7 Å². The number of nitrogens with one attached hydrogen (secondary N) is 3. The smallest absolute Gasteiger partial charge is 0.272 e. The van der Waals surface area contributed by atoms with Crippen molar-refractivity contribution in [2.75, 3.05) is 10.6 Å². The minimum Gasteiger partial charge on any atom is -0.321 e. The maximum atomic E-state index is 13.3. The van der Waals surface area contributed by atoms with E-state index in [2.05, 4.69) is 20.9 Å². The quantitative estimate of drug-likeness (QED) is 0.106. The third kappa shape index (κ3) is 8.44. The molecule has 220 valence electrons. The lowest BCUT2D eigenvalue weighted by Gasteiger charge is -2.13. The van der Waals surface area contributed by atoms with Crippen LogP contribution in [0.3, 0.4) is 0 Å². The standard InChI is InChI=1S/C34H27ClN4O3S2/c1-22(31(40)39-34-38-30(21-43-34)24-12-14-26(35)15-13-24)44-28-18-16-27(17-19-28)36-33(42)29(20-23-8-4-2-5-9-23)37-32(41)25-10-6-3-7-11-25/h2-22H,1H3,(H,36,42)(H,37,41)(H,38,39,40)/b29-20-. The molecule has 0 saturated carbocycles. The number of thioether (sulfide) groups is 1. The van der Waals surface area contributed by atoms with E-state index < -0.39 is 11.2 Å². The van der Waals surface area contributed by atoms with Crippen molar-refractivity contribution in [2.45, 2.75) is 17.1 Å². The van der Waals surface area contributed by atoms with Gasteiger partial charge in [-0.3, -0.25) is 14.4 Å². The van der Waals surface area contributed by atoms with Crippen molar-refractivity contribution in [1.82, 2.24) is 10.3 Å². The number of carbonyl (C=O) groups is 3. The second-order valence-corrected chi connectivity index (χ2v) is 12.3. The van der Waals surface area contributed by atoms with Gasteiger partial charge in [-0.25, -0.2) is 4.98 Å². The Morgan fingerprint density at radius 1 is 0.841 bits per heavy atom. The molecule has 44 heavy (non-hydrogen) atoms. The minimum atomic E-state index is -0.465. The van der Waals surface area contributed by atoms with Gasteiger partial charge in [0.1, 0.15) is 5.70 Å². The molecule has 4 aromatic carbocycles. The van der Waals surface area contributed by atoms with E-state index in [1.165, 1.54) is 23.1 Å². The summed E-state index contributed by atoms with van der Waals surface area (Å²) in [6.45, 7) is 1.82. The zero-order valence-corrected chi connectivity index (χ0v) is 25.9. The zero-order valence-electron chi connectivity index (χ0n) is 23.5. The summed E-state index contributed by atoms with van der Waals surface area (Å²) in [4.78, 5) is 44.3. The Hall–Kier alpha value is -4.70. The highest BCUT2D eigenvalue weighted by Gasteiger charge is 2.18. The molecule has 0 saturated heterocycles. The molecule has 1 atom stereocenters. The molecule has 0 aliphatic heterocycles. The first-order valence-electron chi connectivity index (χ1n) is 13.6. The van der Waals surface area contributed by atoms with Crippen LogP contribution < -0.4 is 16.0 Å². The summed E-state index contributed by atoms with van der Waals surface area (Å²) in [5.41, 5.74) is 3.54. The first-order chi connectivity index (χ1) is 21.3. The molecule has 0 fully saturated rings. The maximum Gasteiger partial charge on any atom is 0.272 e. The number of rotatable bonds is 10. The second-order valence-electron chi connectivity index (χ2n) is 9.56. The highest BCUT2D eigenvalue weighted by molar-refractivity contribution is 8.00. The van der Waals surface area contributed by atoms with Crippen LogP contribution in [0.25, 0.3) is 17.3 Å². The number of anilines is 2. The molecule has 7 nitrogen and oxygen atoms in total. The van der Waals surface area contributed by atoms with E-state index in [-0.39, 0.29) is 17.5 Å². The van der Waals surface area contributed by atoms with Gasteiger partial charge >= 0.3 is 0 Å². The summed E-state index contributed by atoms with van der Waals surface area (Å²) < 4.78 is 0. The van der Waals surface area contributed by atoms with Gasteiger partial charge in [-0.05, 0) is 67.1 Å². The summed E-state index contributed by atoms with van der Waals surface area (Å²) in [5.74, 6) is -1.03. The van der Waals surface area contributed by atoms with Crippen LogP contribution in [-0.4, -0.2) is 28.0 Å². The summed E-state index contributed by atoms with van der Waals surface area (Å²) in [7, 11) is 0. The fourth-order valence-electron chi connectivity index (χ4n) is 4.02. The average molecular weight is 639 g/mol. The van der Waals surface area contributed by atoms with Crippen molar-refractivity contribution in [1.29, 1.82) is 0 Å². The molecular weight excluding hydrogens is 612 g/mol. The predicted octanol–water partition coefficient (Wildman–Crippen LogP) is 7.99. The molecule has 3 amide bonds. The molecule has 3 N–H and O–H groups in total. The molecule has 0 radical (unpaired) electrons. The lowest BCUT2D eigenvalue weighted by molar-refractivity contribution is -0.115. The van der Waals surface area contributed by atoms with E-state index in [0.717, 1.165) is 21.7 Å². The number of hydrogen-bond acceptors (Lipinski definition) is 6. The Morgan fingerprint density at radius 3 is 2.18 bits per heavy atom. The van der Waals surface area contributed by atoms with Crippen molar-refractivity contribution in [2.24, 2.45) is 0 Å². The monoisotopic (exact) mass is 638 g/mol. The highest BCUT2D eigenvalue weighted by atomic mass is 35.5. The van der Waals surface area contributed by atoms with Crippen LogP contribution in [0.5, 0.6) is 0 Å². The summed E-state index contributed by atoms with van der Waals surface area (Å²) >= 11 is 8.71. The summed E-state index contributed by atoms with van der Waals surface area (Å²) in [6, 6.07) is 32.5. The van der Waals surface area contributed by atoms with E-state index in [9.17, 15) is 14.4 Å². The minimum absolute atomic E-state index is 0.107. The largest absolute Gasteiger partial charge is 0.321 e. The van der Waals surface area contributed by atoms with Crippen LogP contribution in [0.15, 0.2) is 125 Å². The van der Waals surface area contributed by atoms with E-state index in [0.29, 0.717) is 21.4 Å². The van der Waals surface area contributed by atoms with Gasteiger partial charge in [0.05, 0.1) is 10.9 Å². The van der Waals surface area contributed by atoms with Crippen molar-refractivity contribution < 1.29 is 14.4 Å². The summed E-state index contributed by atoms with van der Waals surface area (Å²) in [5, 5.41) is 11.1. The van der Waals surface area contributed by atoms with Gasteiger partial charge in [-0.1, -0.05) is 72.3 Å². The Morgan fingerprint density at radius 2 is 1.50 bits per heavy atom. The van der Waals surface area contributed by atoms with Gasteiger partial charge in [0.25, 0.3) is 11.8 Å². The van der Waals surface area contributed by atoms with Gasteiger partial charge in [0, 0.05) is 32.1 Å². The highest BCUT2D eigenvalue weighted by Crippen LogP contribution is 2.29. The molecule has 1 aromatic heterocycles. The Labute approximate surface area is 268 Å². The van der Waals surface area contributed by atoms with Crippen molar-refractivity contribution >= 4 is 69.3 Å². The fraction of sp³-hybridized carbons (Fsp3) is 0.0588. The molecule has 0 aliphatic rings. The Bertz CT molecular complexity index is 1780. The van der Waals surface area contributed by atoms with Crippen molar-refractivity contribution in [3.8, 4) is 11.3 Å². The lowest BCUT2D eigenvalue weighted by Crippen LogP contribution is -2.30. The fourth-order valence-corrected chi connectivity index (χ4v) is 5.74. The molecule has 1 heterocycles. The molecule has 10 heteroatoms. The number of carbonyl (C=O) groups excluding carboxylic acids is 3. The molecular formula is C34H27ClN4O3S2. The number of hydrogen-bond donors (Lipinski definition) is 3. The molecule has 1 unspecified atom stereocenters.